The van der Waals surface area contributed by atoms with Crippen LogP contribution in [0.5, 0.6) is 0 Å². The molecule has 1 amide bonds. The van der Waals surface area contributed by atoms with Crippen molar-refractivity contribution < 1.29 is 4.79 Å². The highest BCUT2D eigenvalue weighted by atomic mass is 16.1. The molecule has 92 valence electrons. The molecule has 0 aliphatic carbocycles. The summed E-state index contributed by atoms with van der Waals surface area (Å²) in [4.78, 5) is 17.7. The van der Waals surface area contributed by atoms with E-state index in [1.165, 1.54) is 0 Å². The maximum absolute atomic E-state index is 11.5. The van der Waals surface area contributed by atoms with E-state index in [1.807, 2.05) is 12.1 Å². The van der Waals surface area contributed by atoms with Crippen molar-refractivity contribution in [2.45, 2.75) is 13.0 Å². The molecule has 5 heteroatoms. The second kappa shape index (κ2) is 4.71. The Kier molecular flexibility index (Phi) is 3.28. The van der Waals surface area contributed by atoms with E-state index in [1.54, 1.807) is 13.2 Å². The van der Waals surface area contributed by atoms with E-state index in [0.29, 0.717) is 11.6 Å². The molecule has 3 N–H and O–H groups in total. The van der Waals surface area contributed by atoms with Crippen molar-refractivity contribution in [2.24, 2.45) is 11.7 Å². The molecule has 2 heterocycles. The number of nitrogens with two attached hydrogens (primary N) is 1. The zero-order valence-electron chi connectivity index (χ0n) is 10.2. The smallest absolute Gasteiger partial charge is 0.269 e. The predicted octanol–water partition coefficient (Wildman–Crippen LogP) is 0.225. The van der Waals surface area contributed by atoms with Crippen LogP contribution in [-0.4, -0.2) is 37.1 Å². The average Bonchev–Trinajstić information content (AvgIpc) is 2.69. The summed E-state index contributed by atoms with van der Waals surface area (Å²) in [5.74, 6) is 0.315. The number of amides is 1. The zero-order chi connectivity index (χ0) is 12.4. The molecular weight excluding hydrogens is 216 g/mol. The lowest BCUT2D eigenvalue weighted by Crippen LogP contribution is -2.28. The van der Waals surface area contributed by atoms with E-state index in [0.717, 1.165) is 18.8 Å². The van der Waals surface area contributed by atoms with Crippen molar-refractivity contribution >= 4 is 11.6 Å². The van der Waals surface area contributed by atoms with Crippen LogP contribution < -0.4 is 16.0 Å². The quantitative estimate of drug-likeness (QED) is 0.768. The minimum absolute atomic E-state index is 0.164. The van der Waals surface area contributed by atoms with Crippen molar-refractivity contribution in [2.75, 3.05) is 25.0 Å². The largest absolute Gasteiger partial charge is 0.370 e. The van der Waals surface area contributed by atoms with E-state index >= 15 is 0 Å². The van der Waals surface area contributed by atoms with Crippen LogP contribution in [0.2, 0.25) is 0 Å². The maximum atomic E-state index is 11.5. The fraction of sp³-hybridized carbons (Fsp3) is 0.500. The van der Waals surface area contributed by atoms with Gasteiger partial charge in [-0.15, -0.1) is 0 Å². The third-order valence-corrected chi connectivity index (χ3v) is 3.24. The van der Waals surface area contributed by atoms with Crippen LogP contribution in [-0.2, 0) is 0 Å². The minimum Gasteiger partial charge on any atom is -0.370 e. The fourth-order valence-electron chi connectivity index (χ4n) is 2.07. The number of hydrogen-bond donors (Lipinski definition) is 2. The fourth-order valence-corrected chi connectivity index (χ4v) is 2.07. The third-order valence-electron chi connectivity index (χ3n) is 3.24. The van der Waals surface area contributed by atoms with E-state index in [9.17, 15) is 4.79 Å². The molecule has 0 saturated carbocycles. The van der Waals surface area contributed by atoms with Crippen molar-refractivity contribution in [3.63, 3.8) is 0 Å². The molecule has 0 bridgehead atoms. The minimum atomic E-state index is -0.164. The second-order valence-corrected chi connectivity index (χ2v) is 4.52. The van der Waals surface area contributed by atoms with Gasteiger partial charge in [0.2, 0.25) is 0 Å². The van der Waals surface area contributed by atoms with Crippen LogP contribution in [0.4, 0.5) is 5.69 Å². The van der Waals surface area contributed by atoms with Crippen LogP contribution in [0, 0.1) is 5.92 Å². The Bertz CT molecular complexity index is 411. The molecule has 1 saturated heterocycles. The molecule has 1 fully saturated rings. The van der Waals surface area contributed by atoms with Gasteiger partial charge in [-0.1, -0.05) is 6.92 Å². The van der Waals surface area contributed by atoms with Gasteiger partial charge in [0.05, 0.1) is 0 Å². The Labute approximate surface area is 101 Å². The molecule has 0 spiro atoms. The van der Waals surface area contributed by atoms with Crippen LogP contribution >= 0.6 is 0 Å². The molecule has 0 radical (unpaired) electrons. The van der Waals surface area contributed by atoms with Crippen LogP contribution in [0.15, 0.2) is 18.3 Å². The number of carbonyl (C=O) groups is 1. The summed E-state index contributed by atoms with van der Waals surface area (Å²) in [6, 6.07) is 3.92. The van der Waals surface area contributed by atoms with Gasteiger partial charge in [-0.25, -0.2) is 0 Å². The number of hydrogen-bond acceptors (Lipinski definition) is 4. The maximum Gasteiger partial charge on any atom is 0.269 e. The van der Waals surface area contributed by atoms with E-state index in [2.05, 4.69) is 22.1 Å². The number of anilines is 1. The molecule has 17 heavy (non-hydrogen) atoms. The highest BCUT2D eigenvalue weighted by molar-refractivity contribution is 5.92. The summed E-state index contributed by atoms with van der Waals surface area (Å²) in [6.45, 7) is 3.91. The number of aromatic nitrogens is 1. The average molecular weight is 234 g/mol. The normalized spacial score (nSPS) is 23.8. The molecule has 2 unspecified atom stereocenters. The molecule has 0 aromatic carbocycles. The van der Waals surface area contributed by atoms with Gasteiger partial charge >= 0.3 is 0 Å². The van der Waals surface area contributed by atoms with Gasteiger partial charge in [-0.3, -0.25) is 9.78 Å². The Morgan fingerprint density at radius 2 is 2.35 bits per heavy atom. The molecule has 1 aromatic rings. The number of nitrogens with zero attached hydrogens (tertiary/aromatic N) is 2. The first-order valence-electron chi connectivity index (χ1n) is 5.80. The van der Waals surface area contributed by atoms with E-state index < -0.39 is 0 Å². The van der Waals surface area contributed by atoms with Crippen molar-refractivity contribution in [1.29, 1.82) is 0 Å². The molecule has 2 rings (SSSR count). The lowest BCUT2D eigenvalue weighted by Gasteiger charge is -2.18. The van der Waals surface area contributed by atoms with Crippen LogP contribution in [0.1, 0.15) is 17.4 Å². The van der Waals surface area contributed by atoms with Gasteiger partial charge in [0.25, 0.3) is 5.91 Å². The number of pyridine rings is 1. The van der Waals surface area contributed by atoms with Crippen molar-refractivity contribution in [3.8, 4) is 0 Å². The lowest BCUT2D eigenvalue weighted by atomic mass is 10.1. The summed E-state index contributed by atoms with van der Waals surface area (Å²) in [7, 11) is 1.60. The van der Waals surface area contributed by atoms with Gasteiger partial charge in [0.15, 0.2) is 0 Å². The first kappa shape index (κ1) is 11.9. The molecule has 1 aromatic heterocycles. The summed E-state index contributed by atoms with van der Waals surface area (Å²) in [5.41, 5.74) is 7.45. The molecule has 1 aliphatic rings. The number of carbonyl (C=O) groups excluding carboxylic acids is 1. The Hall–Kier alpha value is -1.62. The van der Waals surface area contributed by atoms with E-state index in [-0.39, 0.29) is 11.9 Å². The van der Waals surface area contributed by atoms with Crippen LogP contribution in [0.25, 0.3) is 0 Å². The molecule has 5 nitrogen and oxygen atoms in total. The lowest BCUT2D eigenvalue weighted by molar-refractivity contribution is 0.0958. The molecule has 1 aliphatic heterocycles. The third kappa shape index (κ3) is 2.39. The zero-order valence-corrected chi connectivity index (χ0v) is 10.2. The monoisotopic (exact) mass is 234 g/mol. The highest BCUT2D eigenvalue weighted by Crippen LogP contribution is 2.22. The van der Waals surface area contributed by atoms with Crippen LogP contribution in [0.3, 0.4) is 0 Å². The topological polar surface area (TPSA) is 71.2 Å². The second-order valence-electron chi connectivity index (χ2n) is 4.52. The highest BCUT2D eigenvalue weighted by Gasteiger charge is 2.26. The molecule has 2 atom stereocenters. The Balaban J connectivity index is 2.19. The van der Waals surface area contributed by atoms with Gasteiger partial charge in [0.1, 0.15) is 5.69 Å². The first-order valence-corrected chi connectivity index (χ1v) is 5.80. The number of nitrogens with one attached hydrogen (secondary N) is 1. The van der Waals surface area contributed by atoms with Gasteiger partial charge in [-0.2, -0.15) is 0 Å². The van der Waals surface area contributed by atoms with E-state index in [4.69, 9.17) is 5.73 Å². The summed E-state index contributed by atoms with van der Waals surface area (Å²) < 4.78 is 0. The summed E-state index contributed by atoms with van der Waals surface area (Å²) >= 11 is 0. The summed E-state index contributed by atoms with van der Waals surface area (Å²) in [5, 5.41) is 2.57. The van der Waals surface area contributed by atoms with Crippen molar-refractivity contribution in [1.82, 2.24) is 10.3 Å². The predicted molar refractivity (Wildman–Crippen MR) is 67.0 cm³/mol. The standard InChI is InChI=1S/C12H18N4O/c1-8-6-16(7-10(8)13)9-3-4-15-11(5-9)12(17)14-2/h3-5,8,10H,6-7,13H2,1-2H3,(H,14,17). The van der Waals surface area contributed by atoms with Gasteiger partial charge < -0.3 is 16.0 Å². The molecular formula is C12H18N4O. The van der Waals surface area contributed by atoms with Gasteiger partial charge in [-0.05, 0) is 18.1 Å². The summed E-state index contributed by atoms with van der Waals surface area (Å²) in [6.07, 6.45) is 1.66. The Morgan fingerprint density at radius 3 is 2.94 bits per heavy atom. The van der Waals surface area contributed by atoms with Crippen molar-refractivity contribution in [3.05, 3.63) is 24.0 Å². The first-order chi connectivity index (χ1) is 8.11. The SMILES string of the molecule is CNC(=O)c1cc(N2CC(C)C(N)C2)ccn1. The van der Waals surface area contributed by atoms with Gasteiger partial charge in [0, 0.05) is 38.1 Å². The number of rotatable bonds is 2. The Morgan fingerprint density at radius 1 is 1.59 bits per heavy atom.